The van der Waals surface area contributed by atoms with Crippen molar-refractivity contribution in [3.05, 3.63) is 23.5 Å². The quantitative estimate of drug-likeness (QED) is 0.768. The van der Waals surface area contributed by atoms with Crippen LogP contribution in [-0.4, -0.2) is 68.0 Å². The van der Waals surface area contributed by atoms with E-state index >= 15 is 0 Å². The van der Waals surface area contributed by atoms with Gasteiger partial charge in [0.05, 0.1) is 18.1 Å². The molecule has 0 aromatic carbocycles. The maximum atomic E-state index is 12.6. The third-order valence-corrected chi connectivity index (χ3v) is 6.09. The van der Waals surface area contributed by atoms with Crippen molar-refractivity contribution < 1.29 is 13.2 Å². The number of rotatable bonds is 3. The molecule has 3 heterocycles. The largest absolute Gasteiger partial charge is 0.379 e. The van der Waals surface area contributed by atoms with E-state index in [1.54, 1.807) is 4.31 Å². The van der Waals surface area contributed by atoms with E-state index in [9.17, 15) is 8.42 Å². The highest BCUT2D eigenvalue weighted by Crippen LogP contribution is 2.24. The Morgan fingerprint density at radius 1 is 1.29 bits per heavy atom. The van der Waals surface area contributed by atoms with Crippen LogP contribution in [0.5, 0.6) is 0 Å². The van der Waals surface area contributed by atoms with Gasteiger partial charge < -0.3 is 4.74 Å². The predicted molar refractivity (Wildman–Crippen MR) is 78.8 cm³/mol. The fourth-order valence-corrected chi connectivity index (χ4v) is 4.61. The van der Waals surface area contributed by atoms with Gasteiger partial charge in [-0.2, -0.15) is 4.31 Å². The number of halogens is 1. The fourth-order valence-electron chi connectivity index (χ4n) is 2.86. The van der Waals surface area contributed by atoms with E-state index in [2.05, 4.69) is 9.88 Å². The van der Waals surface area contributed by atoms with Crippen molar-refractivity contribution in [2.45, 2.75) is 17.4 Å². The molecule has 3 rings (SSSR count). The Labute approximate surface area is 129 Å². The van der Waals surface area contributed by atoms with Crippen LogP contribution in [0, 0.1) is 0 Å². The molecule has 2 saturated heterocycles. The monoisotopic (exact) mass is 331 g/mol. The molecule has 21 heavy (non-hydrogen) atoms. The average Bonchev–Trinajstić information content (AvgIpc) is 2.99. The molecule has 0 saturated carbocycles. The summed E-state index contributed by atoms with van der Waals surface area (Å²) in [5, 5.41) is 0.194. The summed E-state index contributed by atoms with van der Waals surface area (Å²) in [5.74, 6) is 0. The van der Waals surface area contributed by atoms with E-state index in [0.717, 1.165) is 32.7 Å². The van der Waals surface area contributed by atoms with Crippen molar-refractivity contribution in [2.75, 3.05) is 39.4 Å². The van der Waals surface area contributed by atoms with E-state index in [1.807, 2.05) is 0 Å². The highest BCUT2D eigenvalue weighted by molar-refractivity contribution is 7.89. The van der Waals surface area contributed by atoms with E-state index in [4.69, 9.17) is 16.3 Å². The summed E-state index contributed by atoms with van der Waals surface area (Å²) in [6.45, 7) is 4.28. The lowest BCUT2D eigenvalue weighted by Gasteiger charge is -2.32. The summed E-state index contributed by atoms with van der Waals surface area (Å²) >= 11 is 5.79. The topological polar surface area (TPSA) is 62.7 Å². The van der Waals surface area contributed by atoms with Crippen LogP contribution in [0.3, 0.4) is 0 Å². The summed E-state index contributed by atoms with van der Waals surface area (Å²) in [6, 6.07) is 3.17. The number of aromatic nitrogens is 1. The van der Waals surface area contributed by atoms with Gasteiger partial charge in [-0.05, 0) is 18.6 Å². The maximum absolute atomic E-state index is 12.6. The second kappa shape index (κ2) is 6.18. The first kappa shape index (κ1) is 15.2. The van der Waals surface area contributed by atoms with Gasteiger partial charge in [0.2, 0.25) is 10.0 Å². The molecule has 1 aromatic heterocycles. The Hall–Kier alpha value is -0.730. The molecule has 0 spiro atoms. The third-order valence-electron chi connectivity index (χ3n) is 4.02. The molecule has 2 aliphatic rings. The van der Waals surface area contributed by atoms with Crippen LogP contribution in [0.2, 0.25) is 5.15 Å². The molecule has 0 bridgehead atoms. The molecule has 6 nitrogen and oxygen atoms in total. The minimum atomic E-state index is -3.48. The van der Waals surface area contributed by atoms with Crippen molar-refractivity contribution in [1.82, 2.24) is 14.2 Å². The lowest BCUT2D eigenvalue weighted by Crippen LogP contribution is -2.45. The summed E-state index contributed by atoms with van der Waals surface area (Å²) in [7, 11) is -3.48. The van der Waals surface area contributed by atoms with Gasteiger partial charge in [0.1, 0.15) is 5.15 Å². The van der Waals surface area contributed by atoms with Crippen molar-refractivity contribution in [2.24, 2.45) is 0 Å². The molecule has 1 atom stereocenters. The van der Waals surface area contributed by atoms with E-state index in [-0.39, 0.29) is 16.1 Å². The minimum Gasteiger partial charge on any atom is -0.379 e. The molecule has 8 heteroatoms. The lowest BCUT2D eigenvalue weighted by atomic mass is 10.2. The second-order valence-electron chi connectivity index (χ2n) is 5.27. The number of sulfonamides is 1. The summed E-state index contributed by atoms with van der Waals surface area (Å²) in [5.41, 5.74) is 0. The van der Waals surface area contributed by atoms with Crippen molar-refractivity contribution >= 4 is 21.6 Å². The lowest BCUT2D eigenvalue weighted by molar-refractivity contribution is 0.0197. The first-order valence-electron chi connectivity index (χ1n) is 7.01. The van der Waals surface area contributed by atoms with E-state index in [0.29, 0.717) is 13.1 Å². The first-order valence-corrected chi connectivity index (χ1v) is 8.83. The number of hydrogen-bond donors (Lipinski definition) is 0. The van der Waals surface area contributed by atoms with Crippen molar-refractivity contribution in [1.29, 1.82) is 0 Å². The zero-order valence-electron chi connectivity index (χ0n) is 11.6. The third kappa shape index (κ3) is 3.22. The van der Waals surface area contributed by atoms with Crippen molar-refractivity contribution in [3.63, 3.8) is 0 Å². The molecule has 0 N–H and O–H groups in total. The molecule has 2 fully saturated rings. The maximum Gasteiger partial charge on any atom is 0.243 e. The SMILES string of the molecule is O=S(=O)(c1ccnc(Cl)c1)N1CCC(N2CCOCC2)C1. The molecule has 1 aromatic rings. The van der Waals surface area contributed by atoms with Crippen LogP contribution in [0.25, 0.3) is 0 Å². The molecule has 1 unspecified atom stereocenters. The molecule has 0 aliphatic carbocycles. The Morgan fingerprint density at radius 3 is 2.76 bits per heavy atom. The van der Waals surface area contributed by atoms with Gasteiger partial charge >= 0.3 is 0 Å². The molecule has 0 radical (unpaired) electrons. The average molecular weight is 332 g/mol. The van der Waals surface area contributed by atoms with E-state index < -0.39 is 10.0 Å². The van der Waals surface area contributed by atoms with Gasteiger partial charge in [-0.15, -0.1) is 0 Å². The van der Waals surface area contributed by atoms with Crippen molar-refractivity contribution in [3.8, 4) is 0 Å². The molecule has 116 valence electrons. The fraction of sp³-hybridized carbons (Fsp3) is 0.615. The Bertz CT molecular complexity index is 604. The molecular weight excluding hydrogens is 314 g/mol. The van der Waals surface area contributed by atoms with Gasteiger partial charge in [-0.1, -0.05) is 11.6 Å². The zero-order chi connectivity index (χ0) is 14.9. The molecule has 0 amide bonds. The standard InChI is InChI=1S/C13H18ClN3O3S/c14-13-9-12(1-3-15-13)21(18,19)17-4-2-11(10-17)16-5-7-20-8-6-16/h1,3,9,11H,2,4-8,10H2. The van der Waals surface area contributed by atoms with Gasteiger partial charge in [-0.3, -0.25) is 4.90 Å². The number of nitrogens with zero attached hydrogens (tertiary/aromatic N) is 3. The van der Waals surface area contributed by atoms with Crippen LogP contribution < -0.4 is 0 Å². The smallest absolute Gasteiger partial charge is 0.243 e. The summed E-state index contributed by atoms with van der Waals surface area (Å²) < 4.78 is 32.1. The van der Waals surface area contributed by atoms with E-state index in [1.165, 1.54) is 18.3 Å². The van der Waals surface area contributed by atoms with Crippen LogP contribution >= 0.6 is 11.6 Å². The van der Waals surface area contributed by atoms with Gasteiger partial charge in [-0.25, -0.2) is 13.4 Å². The highest BCUT2D eigenvalue weighted by atomic mass is 35.5. The summed E-state index contributed by atoms with van der Waals surface area (Å²) in [4.78, 5) is 6.36. The van der Waals surface area contributed by atoms with Crippen LogP contribution in [0.15, 0.2) is 23.2 Å². The van der Waals surface area contributed by atoms with Crippen LogP contribution in [0.4, 0.5) is 0 Å². The molecular formula is C13H18ClN3O3S. The first-order chi connectivity index (χ1) is 10.1. The highest BCUT2D eigenvalue weighted by Gasteiger charge is 2.35. The van der Waals surface area contributed by atoms with Gasteiger partial charge in [0.15, 0.2) is 0 Å². The predicted octanol–water partition coefficient (Wildman–Crippen LogP) is 0.830. The molecule has 2 aliphatic heterocycles. The number of morpholine rings is 1. The summed E-state index contributed by atoms with van der Waals surface area (Å²) in [6.07, 6.45) is 2.28. The Balaban J connectivity index is 1.72. The minimum absolute atomic E-state index is 0.194. The second-order valence-corrected chi connectivity index (χ2v) is 7.59. The Morgan fingerprint density at radius 2 is 2.05 bits per heavy atom. The number of hydrogen-bond acceptors (Lipinski definition) is 5. The number of ether oxygens (including phenoxy) is 1. The van der Waals surface area contributed by atoms with Crippen LogP contribution in [0.1, 0.15) is 6.42 Å². The van der Waals surface area contributed by atoms with Gasteiger partial charge in [0.25, 0.3) is 0 Å². The van der Waals surface area contributed by atoms with Gasteiger partial charge in [0, 0.05) is 38.4 Å². The Kier molecular flexibility index (Phi) is 4.46. The zero-order valence-corrected chi connectivity index (χ0v) is 13.2. The number of pyridine rings is 1. The van der Waals surface area contributed by atoms with Crippen LogP contribution in [-0.2, 0) is 14.8 Å². The normalized spacial score (nSPS) is 25.3.